The fourth-order valence-electron chi connectivity index (χ4n) is 3.92. The number of likely N-dealkylation sites (N-methyl/N-ethyl adjacent to an activating group) is 1. The molecule has 2 amide bonds. The molecule has 1 N–H and O–H groups in total. The summed E-state index contributed by atoms with van der Waals surface area (Å²) in [4.78, 5) is 28.7. The maximum Gasteiger partial charge on any atom is 0.243 e. The van der Waals surface area contributed by atoms with Gasteiger partial charge in [0.1, 0.15) is 6.04 Å². The molecule has 0 spiro atoms. The molecule has 7 nitrogen and oxygen atoms in total. The highest BCUT2D eigenvalue weighted by atomic mass is 35.5. The van der Waals surface area contributed by atoms with Crippen molar-refractivity contribution in [2.24, 2.45) is 0 Å². The molecule has 3 rings (SSSR count). The maximum atomic E-state index is 13.8. The number of hydrogen-bond donors (Lipinski definition) is 1. The first-order valence-electron chi connectivity index (χ1n) is 12.2. The molecule has 208 valence electrons. The summed E-state index contributed by atoms with van der Waals surface area (Å²) in [5, 5.41) is 3.94. The lowest BCUT2D eigenvalue weighted by Crippen LogP contribution is -2.53. The summed E-state index contributed by atoms with van der Waals surface area (Å²) in [5.41, 5.74) is 1.48. The normalized spacial score (nSPS) is 12.4. The summed E-state index contributed by atoms with van der Waals surface area (Å²) < 4.78 is 27.3. The molecule has 0 saturated carbocycles. The van der Waals surface area contributed by atoms with Crippen molar-refractivity contribution in [1.82, 2.24) is 14.5 Å². The Hall–Kier alpha value is -2.62. The fraction of sp³-hybridized carbons (Fsp3) is 0.286. The predicted molar refractivity (Wildman–Crippen MR) is 155 cm³/mol. The third-order valence-corrected chi connectivity index (χ3v) is 8.73. The number of benzene rings is 3. The van der Waals surface area contributed by atoms with E-state index in [4.69, 9.17) is 34.8 Å². The van der Waals surface area contributed by atoms with Crippen LogP contribution in [0.5, 0.6) is 0 Å². The number of nitrogens with zero attached hydrogens (tertiary/aromatic N) is 2. The van der Waals surface area contributed by atoms with Gasteiger partial charge in [0.15, 0.2) is 0 Å². The lowest BCUT2D eigenvalue weighted by molar-refractivity contribution is -0.141. The summed E-state index contributed by atoms with van der Waals surface area (Å²) in [5.74, 6) is -0.911. The SMILES string of the molecule is CC(C)NC(=O)C(Cc1ccccc1)N(Cc1ccc(Cl)c(Cl)c1)C(=O)CN(C)S(=O)(=O)c1ccc(Cl)cc1. The van der Waals surface area contributed by atoms with Crippen LogP contribution in [0.3, 0.4) is 0 Å². The minimum atomic E-state index is -4.01. The Morgan fingerprint density at radius 3 is 2.10 bits per heavy atom. The van der Waals surface area contributed by atoms with Gasteiger partial charge in [-0.15, -0.1) is 0 Å². The Bertz CT molecular complexity index is 1400. The zero-order chi connectivity index (χ0) is 28.7. The highest BCUT2D eigenvalue weighted by molar-refractivity contribution is 7.89. The van der Waals surface area contributed by atoms with E-state index in [1.807, 2.05) is 44.2 Å². The van der Waals surface area contributed by atoms with Crippen LogP contribution in [-0.2, 0) is 32.6 Å². The number of amides is 2. The third-order valence-electron chi connectivity index (χ3n) is 5.92. The molecule has 0 heterocycles. The molecule has 0 aliphatic heterocycles. The first kappa shape index (κ1) is 30.9. The zero-order valence-corrected chi connectivity index (χ0v) is 24.9. The largest absolute Gasteiger partial charge is 0.352 e. The van der Waals surface area contributed by atoms with Gasteiger partial charge in [0, 0.05) is 31.1 Å². The minimum Gasteiger partial charge on any atom is -0.352 e. The van der Waals surface area contributed by atoms with Crippen molar-refractivity contribution < 1.29 is 18.0 Å². The number of halogens is 3. The van der Waals surface area contributed by atoms with Crippen LogP contribution in [0.15, 0.2) is 77.7 Å². The van der Waals surface area contributed by atoms with Crippen molar-refractivity contribution in [1.29, 1.82) is 0 Å². The number of carbonyl (C=O) groups excluding carboxylic acids is 2. The van der Waals surface area contributed by atoms with Crippen molar-refractivity contribution >= 4 is 56.6 Å². The molecule has 0 aromatic heterocycles. The lowest BCUT2D eigenvalue weighted by atomic mass is 10.0. The van der Waals surface area contributed by atoms with Crippen LogP contribution >= 0.6 is 34.8 Å². The van der Waals surface area contributed by atoms with Gasteiger partial charge in [0.25, 0.3) is 0 Å². The Kier molecular flexibility index (Phi) is 10.8. The molecule has 0 aliphatic carbocycles. The van der Waals surface area contributed by atoms with Gasteiger partial charge < -0.3 is 10.2 Å². The van der Waals surface area contributed by atoms with Gasteiger partial charge in [-0.2, -0.15) is 4.31 Å². The summed E-state index contributed by atoms with van der Waals surface area (Å²) in [6, 6.07) is 18.8. The molecule has 3 aromatic carbocycles. The quantitative estimate of drug-likeness (QED) is 0.314. The van der Waals surface area contributed by atoms with Crippen molar-refractivity contribution in [2.75, 3.05) is 13.6 Å². The van der Waals surface area contributed by atoms with E-state index in [0.717, 1.165) is 9.87 Å². The van der Waals surface area contributed by atoms with Crippen LogP contribution in [0, 0.1) is 0 Å². The summed E-state index contributed by atoms with van der Waals surface area (Å²) in [6.07, 6.45) is 0.222. The second-order valence-electron chi connectivity index (χ2n) is 9.35. The Morgan fingerprint density at radius 2 is 1.51 bits per heavy atom. The van der Waals surface area contributed by atoms with Crippen molar-refractivity contribution in [3.05, 3.63) is 99.0 Å². The average molecular weight is 611 g/mol. The van der Waals surface area contributed by atoms with Crippen LogP contribution in [0.2, 0.25) is 15.1 Å². The number of rotatable bonds is 11. The lowest BCUT2D eigenvalue weighted by Gasteiger charge is -2.33. The molecular formula is C28H30Cl3N3O4S. The van der Waals surface area contributed by atoms with E-state index < -0.39 is 28.5 Å². The van der Waals surface area contributed by atoms with E-state index in [0.29, 0.717) is 20.6 Å². The van der Waals surface area contributed by atoms with Gasteiger partial charge in [-0.3, -0.25) is 9.59 Å². The van der Waals surface area contributed by atoms with Gasteiger partial charge >= 0.3 is 0 Å². The van der Waals surface area contributed by atoms with Gasteiger partial charge in [0.2, 0.25) is 21.8 Å². The van der Waals surface area contributed by atoms with E-state index in [1.165, 1.54) is 36.2 Å². The van der Waals surface area contributed by atoms with Crippen molar-refractivity contribution in [3.63, 3.8) is 0 Å². The van der Waals surface area contributed by atoms with Gasteiger partial charge in [0.05, 0.1) is 21.5 Å². The first-order chi connectivity index (χ1) is 18.4. The van der Waals surface area contributed by atoms with Crippen molar-refractivity contribution in [3.8, 4) is 0 Å². The fourth-order valence-corrected chi connectivity index (χ4v) is 5.49. The second kappa shape index (κ2) is 13.6. The Labute approximate surface area is 244 Å². The monoisotopic (exact) mass is 609 g/mol. The van der Waals surface area contributed by atoms with Crippen LogP contribution in [0.25, 0.3) is 0 Å². The highest BCUT2D eigenvalue weighted by Crippen LogP contribution is 2.25. The Morgan fingerprint density at radius 1 is 0.872 bits per heavy atom. The topological polar surface area (TPSA) is 86.8 Å². The zero-order valence-electron chi connectivity index (χ0n) is 21.8. The van der Waals surface area contributed by atoms with Crippen LogP contribution in [-0.4, -0.2) is 55.1 Å². The van der Waals surface area contributed by atoms with E-state index in [2.05, 4.69) is 5.32 Å². The second-order valence-corrected chi connectivity index (χ2v) is 12.6. The van der Waals surface area contributed by atoms with Gasteiger partial charge in [-0.25, -0.2) is 8.42 Å². The molecule has 0 bridgehead atoms. The molecule has 0 aliphatic rings. The molecule has 11 heteroatoms. The van der Waals surface area contributed by atoms with Gasteiger partial charge in [-0.1, -0.05) is 71.2 Å². The van der Waals surface area contributed by atoms with E-state index in [9.17, 15) is 18.0 Å². The van der Waals surface area contributed by atoms with Crippen LogP contribution < -0.4 is 5.32 Å². The molecular weight excluding hydrogens is 581 g/mol. The summed E-state index contributed by atoms with van der Waals surface area (Å²) >= 11 is 18.2. The van der Waals surface area contributed by atoms with E-state index in [-0.39, 0.29) is 29.8 Å². The maximum absolute atomic E-state index is 13.8. The third kappa shape index (κ3) is 8.43. The van der Waals surface area contributed by atoms with Gasteiger partial charge in [-0.05, 0) is 61.4 Å². The summed E-state index contributed by atoms with van der Waals surface area (Å²) in [6.45, 7) is 3.17. The predicted octanol–water partition coefficient (Wildman–Crippen LogP) is 5.43. The Balaban J connectivity index is 1.99. The molecule has 1 unspecified atom stereocenters. The van der Waals surface area contributed by atoms with Crippen molar-refractivity contribution in [2.45, 2.75) is 43.8 Å². The van der Waals surface area contributed by atoms with Crippen LogP contribution in [0.1, 0.15) is 25.0 Å². The first-order valence-corrected chi connectivity index (χ1v) is 14.8. The smallest absolute Gasteiger partial charge is 0.243 e. The minimum absolute atomic E-state index is 0.00313. The standard InChI is InChI=1S/C28H30Cl3N3O4S/c1-19(2)32-28(36)26(16-20-7-5-4-6-8-20)34(17-21-9-14-24(30)25(31)15-21)27(35)18-33(3)39(37,38)23-12-10-22(29)11-13-23/h4-15,19,26H,16-18H2,1-3H3,(H,32,36). The number of hydrogen-bond acceptors (Lipinski definition) is 4. The molecule has 0 fully saturated rings. The molecule has 3 aromatic rings. The molecule has 0 saturated heterocycles. The number of carbonyl (C=O) groups is 2. The number of sulfonamides is 1. The molecule has 1 atom stereocenters. The highest BCUT2D eigenvalue weighted by Gasteiger charge is 2.33. The average Bonchev–Trinajstić information content (AvgIpc) is 2.88. The van der Waals surface area contributed by atoms with E-state index >= 15 is 0 Å². The number of nitrogens with one attached hydrogen (secondary N) is 1. The molecule has 39 heavy (non-hydrogen) atoms. The molecule has 0 radical (unpaired) electrons. The van der Waals surface area contributed by atoms with Crippen LogP contribution in [0.4, 0.5) is 0 Å². The summed E-state index contributed by atoms with van der Waals surface area (Å²) in [7, 11) is -2.69. The van der Waals surface area contributed by atoms with E-state index in [1.54, 1.807) is 18.2 Å².